The Hall–Kier alpha value is -1.18. The predicted molar refractivity (Wildman–Crippen MR) is 93.7 cm³/mol. The Balaban J connectivity index is 1.64. The summed E-state index contributed by atoms with van der Waals surface area (Å²) in [6, 6.07) is 6.77. The highest BCUT2D eigenvalue weighted by Gasteiger charge is 2.34. The fourth-order valence-electron chi connectivity index (χ4n) is 3.68. The van der Waals surface area contributed by atoms with E-state index in [0.29, 0.717) is 31.9 Å². The molecule has 1 saturated carbocycles. The highest BCUT2D eigenvalue weighted by molar-refractivity contribution is 7.86. The summed E-state index contributed by atoms with van der Waals surface area (Å²) < 4.78 is 42.7. The van der Waals surface area contributed by atoms with E-state index in [-0.39, 0.29) is 11.9 Å². The van der Waals surface area contributed by atoms with Crippen LogP contribution in [0, 0.1) is 5.82 Å². The number of nitrogens with zero attached hydrogens (tertiary/aromatic N) is 3. The molecule has 0 unspecified atom stereocenters. The molecule has 0 N–H and O–H groups in total. The minimum atomic E-state index is -3.43. The van der Waals surface area contributed by atoms with Crippen LogP contribution in [-0.2, 0) is 10.2 Å². The summed E-state index contributed by atoms with van der Waals surface area (Å²) in [7, 11) is -1.73. The molecule has 7 heteroatoms. The van der Waals surface area contributed by atoms with Gasteiger partial charge in [-0.1, -0.05) is 31.4 Å². The maximum atomic E-state index is 13.9. The molecule has 1 aromatic rings. The van der Waals surface area contributed by atoms with Crippen LogP contribution in [-0.4, -0.2) is 56.3 Å². The second-order valence-electron chi connectivity index (χ2n) is 6.65. The minimum Gasteiger partial charge on any atom is -0.367 e. The SMILES string of the molecule is CN(C1CCCCC1)S(=O)(=O)N1CCN(c2ccccc2F)CC1. The van der Waals surface area contributed by atoms with Gasteiger partial charge in [0.25, 0.3) is 10.2 Å². The van der Waals surface area contributed by atoms with Crippen LogP contribution in [0.3, 0.4) is 0 Å². The van der Waals surface area contributed by atoms with Gasteiger partial charge in [0.05, 0.1) is 5.69 Å². The molecule has 0 radical (unpaired) electrons. The van der Waals surface area contributed by atoms with Gasteiger partial charge in [0.2, 0.25) is 0 Å². The van der Waals surface area contributed by atoms with Crippen molar-refractivity contribution in [2.45, 2.75) is 38.1 Å². The van der Waals surface area contributed by atoms with Crippen molar-refractivity contribution >= 4 is 15.9 Å². The molecule has 134 valence electrons. The molecule has 1 aliphatic heterocycles. The Bertz CT molecular complexity index is 654. The van der Waals surface area contributed by atoms with Gasteiger partial charge >= 0.3 is 0 Å². The standard InChI is InChI=1S/C17H26FN3O2S/c1-19(15-7-3-2-4-8-15)24(22,23)21-13-11-20(12-14-21)17-10-6-5-9-16(17)18/h5-6,9-10,15H,2-4,7-8,11-14H2,1H3. The molecule has 0 atom stereocenters. The summed E-state index contributed by atoms with van der Waals surface area (Å²) >= 11 is 0. The first-order chi connectivity index (χ1) is 11.5. The average molecular weight is 355 g/mol. The summed E-state index contributed by atoms with van der Waals surface area (Å²) in [5, 5.41) is 0. The second kappa shape index (κ2) is 7.37. The van der Waals surface area contributed by atoms with Crippen LogP contribution in [0.1, 0.15) is 32.1 Å². The molecule has 0 aromatic heterocycles. The van der Waals surface area contributed by atoms with Crippen molar-refractivity contribution in [3.05, 3.63) is 30.1 Å². The van der Waals surface area contributed by atoms with Crippen LogP contribution in [0.15, 0.2) is 24.3 Å². The summed E-state index contributed by atoms with van der Waals surface area (Å²) in [6.45, 7) is 1.82. The lowest BCUT2D eigenvalue weighted by atomic mass is 9.96. The summed E-state index contributed by atoms with van der Waals surface area (Å²) in [5.74, 6) is -0.256. The summed E-state index contributed by atoms with van der Waals surface area (Å²) in [4.78, 5) is 1.92. The molecule has 1 aliphatic carbocycles. The zero-order chi connectivity index (χ0) is 17.2. The van der Waals surface area contributed by atoms with Gasteiger partial charge in [0.15, 0.2) is 0 Å². The molecule has 0 bridgehead atoms. The van der Waals surface area contributed by atoms with Gasteiger partial charge in [-0.05, 0) is 25.0 Å². The third-order valence-corrected chi connectivity index (χ3v) is 7.25. The van der Waals surface area contributed by atoms with Gasteiger partial charge < -0.3 is 4.90 Å². The third-order valence-electron chi connectivity index (χ3n) is 5.21. The molecular weight excluding hydrogens is 329 g/mol. The Morgan fingerprint density at radius 3 is 2.29 bits per heavy atom. The largest absolute Gasteiger partial charge is 0.367 e. The average Bonchev–Trinajstić information content (AvgIpc) is 2.62. The highest BCUT2D eigenvalue weighted by Crippen LogP contribution is 2.26. The Morgan fingerprint density at radius 2 is 1.67 bits per heavy atom. The molecule has 1 aromatic carbocycles. The molecule has 3 rings (SSSR count). The zero-order valence-electron chi connectivity index (χ0n) is 14.2. The molecule has 5 nitrogen and oxygen atoms in total. The van der Waals surface area contributed by atoms with Crippen LogP contribution in [0.5, 0.6) is 0 Å². The monoisotopic (exact) mass is 355 g/mol. The Kier molecular flexibility index (Phi) is 5.42. The molecule has 24 heavy (non-hydrogen) atoms. The van der Waals surface area contributed by atoms with Gasteiger partial charge in [0.1, 0.15) is 5.82 Å². The van der Waals surface area contributed by atoms with Gasteiger partial charge in [-0.2, -0.15) is 17.0 Å². The number of benzene rings is 1. The number of anilines is 1. The molecular formula is C17H26FN3O2S. The topological polar surface area (TPSA) is 43.9 Å². The lowest BCUT2D eigenvalue weighted by molar-refractivity contribution is 0.259. The van der Waals surface area contributed by atoms with E-state index in [0.717, 1.165) is 25.7 Å². The molecule has 0 spiro atoms. The van der Waals surface area contributed by atoms with Crippen molar-refractivity contribution in [3.63, 3.8) is 0 Å². The van der Waals surface area contributed by atoms with Crippen molar-refractivity contribution < 1.29 is 12.8 Å². The lowest BCUT2D eigenvalue weighted by Crippen LogP contribution is -2.54. The van der Waals surface area contributed by atoms with Crippen LogP contribution < -0.4 is 4.90 Å². The minimum absolute atomic E-state index is 0.119. The highest BCUT2D eigenvalue weighted by atomic mass is 32.2. The number of hydrogen-bond acceptors (Lipinski definition) is 3. The molecule has 1 heterocycles. The number of halogens is 1. The lowest BCUT2D eigenvalue weighted by Gasteiger charge is -2.39. The van der Waals surface area contributed by atoms with E-state index in [9.17, 15) is 12.8 Å². The van der Waals surface area contributed by atoms with E-state index >= 15 is 0 Å². The summed E-state index contributed by atoms with van der Waals surface area (Å²) in [5.41, 5.74) is 0.551. The van der Waals surface area contributed by atoms with Gasteiger partial charge in [-0.15, -0.1) is 0 Å². The first-order valence-corrected chi connectivity index (χ1v) is 10.1. The molecule has 2 fully saturated rings. The van der Waals surface area contributed by atoms with E-state index in [1.807, 2.05) is 4.90 Å². The van der Waals surface area contributed by atoms with E-state index in [4.69, 9.17) is 0 Å². The normalized spacial score (nSPS) is 21.4. The number of hydrogen-bond donors (Lipinski definition) is 0. The van der Waals surface area contributed by atoms with Crippen molar-refractivity contribution in [1.82, 2.24) is 8.61 Å². The van der Waals surface area contributed by atoms with Gasteiger partial charge in [-0.3, -0.25) is 0 Å². The fourth-order valence-corrected chi connectivity index (χ4v) is 5.26. The third kappa shape index (κ3) is 3.58. The predicted octanol–water partition coefficient (Wildman–Crippen LogP) is 2.46. The molecule has 1 saturated heterocycles. The van der Waals surface area contributed by atoms with E-state index in [2.05, 4.69) is 0 Å². The van der Waals surface area contributed by atoms with Gasteiger partial charge in [-0.25, -0.2) is 4.39 Å². The first kappa shape index (κ1) is 17.6. The molecule has 0 amide bonds. The Labute approximate surface area is 144 Å². The van der Waals surface area contributed by atoms with Crippen LogP contribution >= 0.6 is 0 Å². The molecule has 2 aliphatic rings. The maximum Gasteiger partial charge on any atom is 0.282 e. The second-order valence-corrected chi connectivity index (χ2v) is 8.64. The van der Waals surface area contributed by atoms with Crippen molar-refractivity contribution in [3.8, 4) is 0 Å². The van der Waals surface area contributed by atoms with Crippen LogP contribution in [0.25, 0.3) is 0 Å². The first-order valence-electron chi connectivity index (χ1n) is 8.73. The van der Waals surface area contributed by atoms with Crippen molar-refractivity contribution in [2.24, 2.45) is 0 Å². The summed E-state index contributed by atoms with van der Waals surface area (Å²) in [6.07, 6.45) is 5.30. The number of para-hydroxylation sites is 1. The maximum absolute atomic E-state index is 13.9. The Morgan fingerprint density at radius 1 is 1.04 bits per heavy atom. The fraction of sp³-hybridized carbons (Fsp3) is 0.647. The van der Waals surface area contributed by atoms with Crippen LogP contribution in [0.2, 0.25) is 0 Å². The number of piperazine rings is 1. The van der Waals surface area contributed by atoms with Crippen molar-refractivity contribution in [2.75, 3.05) is 38.1 Å². The van der Waals surface area contributed by atoms with Crippen molar-refractivity contribution in [1.29, 1.82) is 0 Å². The quantitative estimate of drug-likeness (QED) is 0.833. The van der Waals surface area contributed by atoms with E-state index < -0.39 is 10.2 Å². The number of rotatable bonds is 4. The zero-order valence-corrected chi connectivity index (χ0v) is 15.0. The van der Waals surface area contributed by atoms with Gasteiger partial charge in [0, 0.05) is 39.3 Å². The van der Waals surface area contributed by atoms with E-state index in [1.54, 1.807) is 33.9 Å². The smallest absolute Gasteiger partial charge is 0.282 e. The van der Waals surface area contributed by atoms with Crippen LogP contribution in [0.4, 0.5) is 10.1 Å². The van der Waals surface area contributed by atoms with E-state index in [1.165, 1.54) is 12.5 Å².